The number of rotatable bonds is 5. The molecule has 0 aromatic carbocycles. The van der Waals surface area contributed by atoms with E-state index in [0.29, 0.717) is 12.3 Å². The number of nitrogens with one attached hydrogen (secondary N) is 1. The molecule has 1 fully saturated rings. The number of aryl methyl sites for hydroxylation is 1. The highest BCUT2D eigenvalue weighted by Crippen LogP contribution is 2.17. The first-order valence-electron chi connectivity index (χ1n) is 6.10. The van der Waals surface area contributed by atoms with E-state index in [2.05, 4.69) is 10.3 Å². The van der Waals surface area contributed by atoms with Crippen molar-refractivity contribution in [3.8, 4) is 0 Å². The highest BCUT2D eigenvalue weighted by molar-refractivity contribution is 5.66. The Hall–Kier alpha value is -1.36. The molecule has 2 rings (SSSR count). The maximum Gasteiger partial charge on any atom is 0.303 e. The average Bonchev–Trinajstić information content (AvgIpc) is 2.75. The van der Waals surface area contributed by atoms with E-state index < -0.39 is 5.97 Å². The molecule has 0 spiro atoms. The molecule has 17 heavy (non-hydrogen) atoms. The Kier molecular flexibility index (Phi) is 4.14. The van der Waals surface area contributed by atoms with Gasteiger partial charge >= 0.3 is 5.97 Å². The van der Waals surface area contributed by atoms with Gasteiger partial charge < -0.3 is 14.8 Å². The van der Waals surface area contributed by atoms with E-state index in [4.69, 9.17) is 9.52 Å². The molecule has 5 heteroatoms. The summed E-state index contributed by atoms with van der Waals surface area (Å²) in [4.78, 5) is 14.8. The van der Waals surface area contributed by atoms with Crippen LogP contribution in [0.3, 0.4) is 0 Å². The quantitative estimate of drug-likeness (QED) is 0.807. The lowest BCUT2D eigenvalue weighted by Crippen LogP contribution is -2.28. The third-order valence-electron chi connectivity index (χ3n) is 3.12. The zero-order valence-corrected chi connectivity index (χ0v) is 9.82. The lowest BCUT2D eigenvalue weighted by Gasteiger charge is -2.20. The maximum absolute atomic E-state index is 10.4. The van der Waals surface area contributed by atoms with Crippen LogP contribution in [0.15, 0.2) is 10.7 Å². The molecule has 0 unspecified atom stereocenters. The van der Waals surface area contributed by atoms with Gasteiger partial charge in [0.1, 0.15) is 6.26 Å². The lowest BCUT2D eigenvalue weighted by molar-refractivity contribution is -0.136. The number of aliphatic carboxylic acids is 1. The van der Waals surface area contributed by atoms with Gasteiger partial charge in [-0.15, -0.1) is 0 Å². The second kappa shape index (κ2) is 5.82. The molecule has 0 amide bonds. The third-order valence-corrected chi connectivity index (χ3v) is 3.12. The van der Waals surface area contributed by atoms with Crippen LogP contribution in [0.2, 0.25) is 0 Å². The van der Waals surface area contributed by atoms with Crippen LogP contribution >= 0.6 is 0 Å². The molecular formula is C12H18N2O3. The number of carboxylic acids is 1. The predicted octanol–water partition coefficient (Wildman–Crippen LogP) is 1.23. The van der Waals surface area contributed by atoms with Crippen molar-refractivity contribution in [1.82, 2.24) is 10.3 Å². The Morgan fingerprint density at radius 3 is 3.00 bits per heavy atom. The Morgan fingerprint density at radius 1 is 1.53 bits per heavy atom. The highest BCUT2D eigenvalue weighted by Gasteiger charge is 2.16. The first-order chi connectivity index (χ1) is 8.24. The molecule has 1 aromatic rings. The normalized spacial score (nSPS) is 17.2. The van der Waals surface area contributed by atoms with Crippen LogP contribution in [0.1, 0.15) is 30.8 Å². The molecule has 5 nitrogen and oxygen atoms in total. The van der Waals surface area contributed by atoms with Crippen molar-refractivity contribution in [3.63, 3.8) is 0 Å². The van der Waals surface area contributed by atoms with Gasteiger partial charge in [0.25, 0.3) is 0 Å². The van der Waals surface area contributed by atoms with Crippen LogP contribution in [0, 0.1) is 5.92 Å². The van der Waals surface area contributed by atoms with Gasteiger partial charge in [0.2, 0.25) is 0 Å². The largest absolute Gasteiger partial charge is 0.481 e. The third kappa shape index (κ3) is 3.85. The minimum absolute atomic E-state index is 0.110. The first-order valence-corrected chi connectivity index (χ1v) is 6.10. The van der Waals surface area contributed by atoms with Crippen LogP contribution in [-0.2, 0) is 17.6 Å². The molecule has 94 valence electrons. The van der Waals surface area contributed by atoms with Crippen molar-refractivity contribution < 1.29 is 14.3 Å². The summed E-state index contributed by atoms with van der Waals surface area (Å²) < 4.78 is 5.38. The zero-order valence-electron chi connectivity index (χ0n) is 9.82. The second-order valence-corrected chi connectivity index (χ2v) is 4.52. The summed E-state index contributed by atoms with van der Waals surface area (Å²) in [7, 11) is 0. The van der Waals surface area contributed by atoms with E-state index >= 15 is 0 Å². The van der Waals surface area contributed by atoms with Gasteiger partial charge in [-0.1, -0.05) is 0 Å². The number of piperidine rings is 1. The molecule has 2 N–H and O–H groups in total. The van der Waals surface area contributed by atoms with Crippen LogP contribution in [0.5, 0.6) is 0 Å². The molecular weight excluding hydrogens is 220 g/mol. The molecule has 1 aliphatic rings. The van der Waals surface area contributed by atoms with E-state index in [0.717, 1.165) is 43.9 Å². The SMILES string of the molecule is O=C(O)CCc1coc(CC2CCNCC2)n1. The molecule has 0 radical (unpaired) electrons. The summed E-state index contributed by atoms with van der Waals surface area (Å²) in [6.07, 6.45) is 5.33. The van der Waals surface area contributed by atoms with Crippen molar-refractivity contribution in [2.75, 3.05) is 13.1 Å². The molecule has 2 heterocycles. The van der Waals surface area contributed by atoms with Gasteiger partial charge in [-0.25, -0.2) is 4.98 Å². The fourth-order valence-electron chi connectivity index (χ4n) is 2.13. The summed E-state index contributed by atoms with van der Waals surface area (Å²) >= 11 is 0. The van der Waals surface area contributed by atoms with Crippen molar-refractivity contribution in [3.05, 3.63) is 17.8 Å². The van der Waals surface area contributed by atoms with Crippen LogP contribution in [0.25, 0.3) is 0 Å². The van der Waals surface area contributed by atoms with Crippen molar-refractivity contribution in [2.45, 2.75) is 32.1 Å². The summed E-state index contributed by atoms with van der Waals surface area (Å²) in [5, 5.41) is 11.9. The minimum atomic E-state index is -0.798. The Bertz CT molecular complexity index is 370. The predicted molar refractivity (Wildman–Crippen MR) is 61.8 cm³/mol. The number of hydrogen-bond donors (Lipinski definition) is 2. The Morgan fingerprint density at radius 2 is 2.29 bits per heavy atom. The molecule has 0 aliphatic carbocycles. The standard InChI is InChI=1S/C12H18N2O3/c15-12(16)2-1-10-8-17-11(14-10)7-9-3-5-13-6-4-9/h8-9,13H,1-7H2,(H,15,16). The number of carbonyl (C=O) groups is 1. The maximum atomic E-state index is 10.4. The van der Waals surface area contributed by atoms with Crippen LogP contribution < -0.4 is 5.32 Å². The van der Waals surface area contributed by atoms with Gasteiger partial charge in [0.15, 0.2) is 5.89 Å². The summed E-state index contributed by atoms with van der Waals surface area (Å²) in [6, 6.07) is 0. The van der Waals surface area contributed by atoms with Gasteiger partial charge in [0, 0.05) is 12.8 Å². The zero-order chi connectivity index (χ0) is 12.1. The number of nitrogens with zero attached hydrogens (tertiary/aromatic N) is 1. The fourth-order valence-corrected chi connectivity index (χ4v) is 2.13. The number of aromatic nitrogens is 1. The molecule has 1 aliphatic heterocycles. The van der Waals surface area contributed by atoms with E-state index in [1.54, 1.807) is 6.26 Å². The first kappa shape index (κ1) is 12.1. The second-order valence-electron chi connectivity index (χ2n) is 4.52. The van der Waals surface area contributed by atoms with Gasteiger partial charge in [-0.05, 0) is 31.8 Å². The van der Waals surface area contributed by atoms with E-state index in [1.807, 2.05) is 0 Å². The van der Waals surface area contributed by atoms with Crippen molar-refractivity contribution >= 4 is 5.97 Å². The van der Waals surface area contributed by atoms with Crippen molar-refractivity contribution in [1.29, 1.82) is 0 Å². The molecule has 0 bridgehead atoms. The smallest absolute Gasteiger partial charge is 0.303 e. The topological polar surface area (TPSA) is 75.4 Å². The van der Waals surface area contributed by atoms with E-state index in [-0.39, 0.29) is 6.42 Å². The Balaban J connectivity index is 1.82. The van der Waals surface area contributed by atoms with E-state index in [9.17, 15) is 4.79 Å². The number of hydrogen-bond acceptors (Lipinski definition) is 4. The molecule has 0 saturated carbocycles. The monoisotopic (exact) mass is 238 g/mol. The molecule has 1 saturated heterocycles. The number of carboxylic acid groups (broad SMARTS) is 1. The number of oxazole rings is 1. The Labute approximate surface area is 100 Å². The van der Waals surface area contributed by atoms with Crippen molar-refractivity contribution in [2.24, 2.45) is 5.92 Å². The minimum Gasteiger partial charge on any atom is -0.481 e. The average molecular weight is 238 g/mol. The molecule has 0 atom stereocenters. The van der Waals surface area contributed by atoms with Crippen LogP contribution in [-0.4, -0.2) is 29.1 Å². The molecule has 1 aromatic heterocycles. The van der Waals surface area contributed by atoms with Crippen LogP contribution in [0.4, 0.5) is 0 Å². The summed E-state index contributed by atoms with van der Waals surface area (Å²) in [5.41, 5.74) is 0.747. The fraction of sp³-hybridized carbons (Fsp3) is 0.667. The highest BCUT2D eigenvalue weighted by atomic mass is 16.4. The van der Waals surface area contributed by atoms with Gasteiger partial charge in [-0.2, -0.15) is 0 Å². The summed E-state index contributed by atoms with van der Waals surface area (Å²) in [6.45, 7) is 2.13. The lowest BCUT2D eigenvalue weighted by atomic mass is 9.95. The van der Waals surface area contributed by atoms with Gasteiger partial charge in [0.05, 0.1) is 12.1 Å². The van der Waals surface area contributed by atoms with E-state index in [1.165, 1.54) is 0 Å². The van der Waals surface area contributed by atoms with Gasteiger partial charge in [-0.3, -0.25) is 4.79 Å². The summed E-state index contributed by atoms with van der Waals surface area (Å²) in [5.74, 6) is 0.590.